The van der Waals surface area contributed by atoms with Gasteiger partial charge in [-0.1, -0.05) is 15.9 Å². The van der Waals surface area contributed by atoms with E-state index in [9.17, 15) is 14.4 Å². The molecule has 0 aliphatic carbocycles. The van der Waals surface area contributed by atoms with Crippen LogP contribution in [0, 0.1) is 5.92 Å². The molecule has 1 aromatic carbocycles. The topological polar surface area (TPSA) is 91.3 Å². The van der Waals surface area contributed by atoms with Crippen molar-refractivity contribution in [2.75, 3.05) is 13.2 Å². The number of rotatable bonds is 8. The van der Waals surface area contributed by atoms with Crippen molar-refractivity contribution < 1.29 is 28.6 Å². The highest BCUT2D eigenvalue weighted by molar-refractivity contribution is 9.10. The van der Waals surface area contributed by atoms with Gasteiger partial charge in [0.15, 0.2) is 5.92 Å². The lowest BCUT2D eigenvalue weighted by Crippen LogP contribution is -2.29. The highest BCUT2D eigenvalue weighted by atomic mass is 79.9. The van der Waals surface area contributed by atoms with E-state index in [0.717, 1.165) is 4.47 Å². The van der Waals surface area contributed by atoms with Crippen molar-refractivity contribution in [3.63, 3.8) is 0 Å². The molecule has 0 N–H and O–H groups in total. The van der Waals surface area contributed by atoms with Gasteiger partial charge in [-0.2, -0.15) is 0 Å². The van der Waals surface area contributed by atoms with Crippen LogP contribution in [0.5, 0.6) is 0 Å². The first-order valence-corrected chi connectivity index (χ1v) is 8.47. The number of esters is 3. The molecule has 0 bridgehead atoms. The van der Waals surface area contributed by atoms with Crippen molar-refractivity contribution >= 4 is 45.7 Å². The normalized spacial score (nSPS) is 10.8. The second-order valence-corrected chi connectivity index (χ2v) is 5.73. The van der Waals surface area contributed by atoms with Crippen LogP contribution in [0.4, 0.5) is 5.69 Å². The number of hydrogen-bond acceptors (Lipinski definition) is 7. The largest absolute Gasteiger partial charge is 0.465 e. The number of carbonyl (C=O) groups is 3. The number of aliphatic imine (C=N–C) groups is 1. The van der Waals surface area contributed by atoms with Crippen molar-refractivity contribution in [3.05, 3.63) is 28.2 Å². The van der Waals surface area contributed by atoms with Crippen LogP contribution in [0.2, 0.25) is 0 Å². The first-order valence-electron chi connectivity index (χ1n) is 7.68. The van der Waals surface area contributed by atoms with E-state index in [4.69, 9.17) is 14.2 Å². The van der Waals surface area contributed by atoms with E-state index in [1.54, 1.807) is 32.0 Å². The Bertz CT molecular complexity index is 641. The highest BCUT2D eigenvalue weighted by Gasteiger charge is 2.27. The second-order valence-electron chi connectivity index (χ2n) is 4.81. The Kier molecular flexibility index (Phi) is 8.83. The standard InChI is InChI=1S/C17H20BrNO6/c1-4-23-16(21)14(17(22)24-5-2)9-19-15-7-6-13(18)8-12(15)10-25-11(3)20/h6-9,14H,4-5,10H2,1-3H3. The molecule has 1 aromatic rings. The van der Waals surface area contributed by atoms with Crippen LogP contribution >= 0.6 is 15.9 Å². The van der Waals surface area contributed by atoms with Crippen LogP contribution in [-0.4, -0.2) is 37.3 Å². The predicted octanol–water partition coefficient (Wildman–Crippen LogP) is 2.96. The van der Waals surface area contributed by atoms with Crippen LogP contribution in [0.25, 0.3) is 0 Å². The highest BCUT2D eigenvalue weighted by Crippen LogP contribution is 2.24. The van der Waals surface area contributed by atoms with Crippen molar-refractivity contribution in [1.82, 2.24) is 0 Å². The molecular weight excluding hydrogens is 394 g/mol. The first kappa shape index (κ1) is 20.8. The van der Waals surface area contributed by atoms with Gasteiger partial charge in [0, 0.05) is 23.2 Å². The lowest BCUT2D eigenvalue weighted by Gasteiger charge is -2.11. The molecular formula is C17H20BrNO6. The van der Waals surface area contributed by atoms with Gasteiger partial charge in [0.1, 0.15) is 6.61 Å². The maximum Gasteiger partial charge on any atom is 0.325 e. The molecule has 0 amide bonds. The minimum absolute atomic E-state index is 0.0188. The Labute approximate surface area is 154 Å². The Morgan fingerprint density at radius 1 is 1.12 bits per heavy atom. The molecule has 0 radical (unpaired) electrons. The van der Waals surface area contributed by atoms with Crippen molar-refractivity contribution in [2.24, 2.45) is 10.9 Å². The van der Waals surface area contributed by atoms with E-state index in [0.29, 0.717) is 11.3 Å². The van der Waals surface area contributed by atoms with Gasteiger partial charge >= 0.3 is 17.9 Å². The molecule has 0 fully saturated rings. The smallest absolute Gasteiger partial charge is 0.325 e. The van der Waals surface area contributed by atoms with Gasteiger partial charge in [-0.15, -0.1) is 0 Å². The van der Waals surface area contributed by atoms with Crippen LogP contribution in [0.15, 0.2) is 27.7 Å². The molecule has 25 heavy (non-hydrogen) atoms. The molecule has 0 aliphatic heterocycles. The molecule has 0 heterocycles. The molecule has 8 heteroatoms. The summed E-state index contributed by atoms with van der Waals surface area (Å²) < 4.78 is 15.5. The summed E-state index contributed by atoms with van der Waals surface area (Å²) in [7, 11) is 0. The van der Waals surface area contributed by atoms with E-state index < -0.39 is 23.8 Å². The Morgan fingerprint density at radius 3 is 2.24 bits per heavy atom. The summed E-state index contributed by atoms with van der Waals surface area (Å²) in [6.45, 7) is 4.88. The zero-order valence-corrected chi connectivity index (χ0v) is 15.9. The summed E-state index contributed by atoms with van der Waals surface area (Å²) >= 11 is 3.33. The van der Waals surface area contributed by atoms with Gasteiger partial charge in [-0.25, -0.2) is 0 Å². The van der Waals surface area contributed by atoms with Gasteiger partial charge in [0.05, 0.1) is 18.9 Å². The fourth-order valence-corrected chi connectivity index (χ4v) is 2.22. The van der Waals surface area contributed by atoms with Crippen molar-refractivity contribution in [3.8, 4) is 0 Å². The molecule has 1 rings (SSSR count). The first-order chi connectivity index (χ1) is 11.9. The summed E-state index contributed by atoms with van der Waals surface area (Å²) in [5.74, 6) is -3.15. The van der Waals surface area contributed by atoms with E-state index >= 15 is 0 Å². The monoisotopic (exact) mass is 413 g/mol. The third kappa shape index (κ3) is 7.04. The summed E-state index contributed by atoms with van der Waals surface area (Å²) in [4.78, 5) is 39.1. The van der Waals surface area contributed by atoms with Gasteiger partial charge in [0.25, 0.3) is 0 Å². The number of nitrogens with zero attached hydrogens (tertiary/aromatic N) is 1. The summed E-state index contributed by atoms with van der Waals surface area (Å²) in [5.41, 5.74) is 1.08. The Hall–Kier alpha value is -2.22. The third-order valence-electron chi connectivity index (χ3n) is 2.92. The molecule has 0 unspecified atom stereocenters. The van der Waals surface area contributed by atoms with Gasteiger partial charge in [-0.3, -0.25) is 19.4 Å². The minimum atomic E-state index is -1.26. The van der Waals surface area contributed by atoms with Crippen LogP contribution < -0.4 is 0 Å². The summed E-state index contributed by atoms with van der Waals surface area (Å²) in [6.07, 6.45) is 1.18. The summed E-state index contributed by atoms with van der Waals surface area (Å²) in [5, 5.41) is 0. The summed E-state index contributed by atoms with van der Waals surface area (Å²) in [6, 6.07) is 5.15. The van der Waals surface area contributed by atoms with Crippen molar-refractivity contribution in [1.29, 1.82) is 0 Å². The quantitative estimate of drug-likeness (QED) is 0.281. The van der Waals surface area contributed by atoms with Crippen molar-refractivity contribution in [2.45, 2.75) is 27.4 Å². The molecule has 0 spiro atoms. The zero-order valence-electron chi connectivity index (χ0n) is 14.3. The number of halogens is 1. The average molecular weight is 414 g/mol. The van der Waals surface area contributed by atoms with Gasteiger partial charge in [0.2, 0.25) is 0 Å². The zero-order chi connectivity index (χ0) is 18.8. The van der Waals surface area contributed by atoms with E-state index in [-0.39, 0.29) is 19.8 Å². The number of ether oxygens (including phenoxy) is 3. The van der Waals surface area contributed by atoms with Crippen LogP contribution in [0.1, 0.15) is 26.3 Å². The minimum Gasteiger partial charge on any atom is -0.465 e. The maximum absolute atomic E-state index is 11.9. The lowest BCUT2D eigenvalue weighted by molar-refractivity contribution is -0.157. The average Bonchev–Trinajstić information content (AvgIpc) is 2.55. The van der Waals surface area contributed by atoms with Crippen LogP contribution in [0.3, 0.4) is 0 Å². The number of benzene rings is 1. The van der Waals surface area contributed by atoms with E-state index in [1.807, 2.05) is 0 Å². The molecule has 0 atom stereocenters. The maximum atomic E-state index is 11.9. The molecule has 0 aromatic heterocycles. The van der Waals surface area contributed by atoms with E-state index in [2.05, 4.69) is 20.9 Å². The fraction of sp³-hybridized carbons (Fsp3) is 0.412. The molecule has 136 valence electrons. The third-order valence-corrected chi connectivity index (χ3v) is 3.41. The molecule has 0 saturated carbocycles. The number of hydrogen-bond donors (Lipinski definition) is 0. The molecule has 0 saturated heterocycles. The molecule has 7 nitrogen and oxygen atoms in total. The lowest BCUT2D eigenvalue weighted by atomic mass is 10.1. The number of carbonyl (C=O) groups excluding carboxylic acids is 3. The van der Waals surface area contributed by atoms with Gasteiger partial charge < -0.3 is 14.2 Å². The SMILES string of the molecule is CCOC(=O)C(C=Nc1ccc(Br)cc1COC(C)=O)C(=O)OCC. The Morgan fingerprint density at radius 2 is 1.72 bits per heavy atom. The predicted molar refractivity (Wildman–Crippen MR) is 94.5 cm³/mol. The second kappa shape index (κ2) is 10.6. The van der Waals surface area contributed by atoms with Crippen LogP contribution in [-0.2, 0) is 35.2 Å². The molecule has 0 aliphatic rings. The Balaban J connectivity index is 3.07. The van der Waals surface area contributed by atoms with E-state index in [1.165, 1.54) is 13.1 Å². The fourth-order valence-electron chi connectivity index (χ4n) is 1.81. The van der Waals surface area contributed by atoms with Gasteiger partial charge in [-0.05, 0) is 32.0 Å².